The lowest BCUT2D eigenvalue weighted by atomic mass is 10.2. The molecule has 6 heteroatoms. The van der Waals surface area contributed by atoms with Crippen molar-refractivity contribution in [1.82, 2.24) is 0 Å². The fourth-order valence-electron chi connectivity index (χ4n) is 2.09. The third kappa shape index (κ3) is 5.44. The number of rotatable bonds is 8. The molecule has 0 aromatic heterocycles. The predicted octanol–water partition coefficient (Wildman–Crippen LogP) is 4.74. The summed E-state index contributed by atoms with van der Waals surface area (Å²) in [7, 11) is -3.60. The number of anilines is 2. The van der Waals surface area contributed by atoms with Gasteiger partial charge in [0.2, 0.25) is 0 Å². The molecule has 2 rings (SSSR count). The topological polar surface area (TPSA) is 58.2 Å². The quantitative estimate of drug-likeness (QED) is 0.674. The number of sulfonamides is 1. The van der Waals surface area contributed by atoms with Crippen LogP contribution in [0.3, 0.4) is 0 Å². The van der Waals surface area contributed by atoms with Gasteiger partial charge in [-0.15, -0.1) is 0 Å². The second kappa shape index (κ2) is 8.22. The maximum absolute atomic E-state index is 12.3. The molecule has 0 saturated carbocycles. The standard InChI is InChI=1S/C17H21ClN2O2S/c1-2-3-4-13-19-15-7-9-16(10-8-15)20-23(21,22)17-11-5-14(18)6-12-17/h5-12,19-20H,2-4,13H2,1H3. The smallest absolute Gasteiger partial charge is 0.261 e. The van der Waals surface area contributed by atoms with E-state index in [4.69, 9.17) is 11.6 Å². The highest BCUT2D eigenvalue weighted by atomic mass is 35.5. The molecule has 2 aromatic rings. The van der Waals surface area contributed by atoms with E-state index in [-0.39, 0.29) is 4.90 Å². The molecule has 4 nitrogen and oxygen atoms in total. The summed E-state index contributed by atoms with van der Waals surface area (Å²) in [5, 5.41) is 3.82. The minimum absolute atomic E-state index is 0.184. The first-order chi connectivity index (χ1) is 11.0. The van der Waals surface area contributed by atoms with Crippen LogP contribution in [0.25, 0.3) is 0 Å². The van der Waals surface area contributed by atoms with Crippen LogP contribution in [0.5, 0.6) is 0 Å². The van der Waals surface area contributed by atoms with Gasteiger partial charge in [0.05, 0.1) is 4.90 Å². The van der Waals surface area contributed by atoms with Gasteiger partial charge in [-0.1, -0.05) is 31.4 Å². The Morgan fingerprint density at radius 1 is 0.913 bits per heavy atom. The maximum Gasteiger partial charge on any atom is 0.261 e. The molecule has 0 unspecified atom stereocenters. The molecular weight excluding hydrogens is 332 g/mol. The van der Waals surface area contributed by atoms with Crippen molar-refractivity contribution in [3.8, 4) is 0 Å². The third-order valence-corrected chi connectivity index (χ3v) is 5.02. The number of halogens is 1. The Balaban J connectivity index is 1.98. The number of benzene rings is 2. The number of nitrogens with one attached hydrogen (secondary N) is 2. The summed E-state index contributed by atoms with van der Waals surface area (Å²) in [6.07, 6.45) is 3.51. The molecule has 2 N–H and O–H groups in total. The van der Waals surface area contributed by atoms with Crippen molar-refractivity contribution in [2.24, 2.45) is 0 Å². The van der Waals surface area contributed by atoms with Crippen molar-refractivity contribution in [3.05, 3.63) is 53.6 Å². The highest BCUT2D eigenvalue weighted by Crippen LogP contribution is 2.20. The van der Waals surface area contributed by atoms with Crippen molar-refractivity contribution >= 4 is 33.0 Å². The third-order valence-electron chi connectivity index (χ3n) is 3.37. The van der Waals surface area contributed by atoms with E-state index in [1.807, 2.05) is 12.1 Å². The summed E-state index contributed by atoms with van der Waals surface area (Å²) in [5.74, 6) is 0. The normalized spacial score (nSPS) is 11.2. The molecule has 0 saturated heterocycles. The monoisotopic (exact) mass is 352 g/mol. The van der Waals surface area contributed by atoms with Gasteiger partial charge in [0.1, 0.15) is 0 Å². The fraction of sp³-hybridized carbons (Fsp3) is 0.294. The Morgan fingerprint density at radius 3 is 2.13 bits per heavy atom. The van der Waals surface area contributed by atoms with Crippen molar-refractivity contribution < 1.29 is 8.42 Å². The molecule has 0 fully saturated rings. The highest BCUT2D eigenvalue weighted by molar-refractivity contribution is 7.92. The molecular formula is C17H21ClN2O2S. The van der Waals surface area contributed by atoms with Crippen LogP contribution < -0.4 is 10.0 Å². The van der Waals surface area contributed by atoms with Crippen LogP contribution in [-0.2, 0) is 10.0 Å². The summed E-state index contributed by atoms with van der Waals surface area (Å²) in [5.41, 5.74) is 1.51. The van der Waals surface area contributed by atoms with Crippen molar-refractivity contribution in [2.75, 3.05) is 16.6 Å². The molecule has 0 spiro atoms. The molecule has 0 aliphatic rings. The predicted molar refractivity (Wildman–Crippen MR) is 96.7 cm³/mol. The van der Waals surface area contributed by atoms with Crippen LogP contribution in [0.15, 0.2) is 53.4 Å². The first-order valence-corrected chi connectivity index (χ1v) is 9.50. The first kappa shape index (κ1) is 17.6. The Bertz CT molecular complexity index is 713. The Kier molecular flexibility index (Phi) is 6.30. The first-order valence-electron chi connectivity index (χ1n) is 7.63. The van der Waals surface area contributed by atoms with Crippen LogP contribution in [0.2, 0.25) is 5.02 Å². The zero-order chi connectivity index (χ0) is 16.7. The van der Waals surface area contributed by atoms with E-state index in [0.717, 1.165) is 18.7 Å². The average molecular weight is 353 g/mol. The van der Waals surface area contributed by atoms with Crippen molar-refractivity contribution in [1.29, 1.82) is 0 Å². The molecule has 2 aromatic carbocycles. The largest absolute Gasteiger partial charge is 0.385 e. The lowest BCUT2D eigenvalue weighted by molar-refractivity contribution is 0.601. The van der Waals surface area contributed by atoms with Gasteiger partial charge in [-0.05, 0) is 55.0 Å². The summed E-state index contributed by atoms with van der Waals surface area (Å²) in [4.78, 5) is 0.184. The van der Waals surface area contributed by atoms with Gasteiger partial charge >= 0.3 is 0 Å². The fourth-order valence-corrected chi connectivity index (χ4v) is 3.28. The Hall–Kier alpha value is -1.72. The summed E-state index contributed by atoms with van der Waals surface area (Å²) in [6, 6.07) is 13.3. The minimum Gasteiger partial charge on any atom is -0.385 e. The second-order valence-electron chi connectivity index (χ2n) is 5.27. The van der Waals surface area contributed by atoms with Gasteiger partial charge < -0.3 is 5.32 Å². The van der Waals surface area contributed by atoms with Gasteiger partial charge in [-0.3, -0.25) is 4.72 Å². The van der Waals surface area contributed by atoms with Crippen LogP contribution in [0.1, 0.15) is 26.2 Å². The zero-order valence-electron chi connectivity index (χ0n) is 13.0. The molecule has 0 bridgehead atoms. The number of hydrogen-bond acceptors (Lipinski definition) is 3. The van der Waals surface area contributed by atoms with Crippen molar-refractivity contribution in [3.63, 3.8) is 0 Å². The molecule has 0 radical (unpaired) electrons. The minimum atomic E-state index is -3.60. The SMILES string of the molecule is CCCCCNc1ccc(NS(=O)(=O)c2ccc(Cl)cc2)cc1. The van der Waals surface area contributed by atoms with Gasteiger partial charge in [0.15, 0.2) is 0 Å². The molecule has 0 aliphatic heterocycles. The number of hydrogen-bond donors (Lipinski definition) is 2. The van der Waals surface area contributed by atoms with Crippen LogP contribution >= 0.6 is 11.6 Å². The Labute approximate surface area is 142 Å². The lowest BCUT2D eigenvalue weighted by Gasteiger charge is -2.10. The number of unbranched alkanes of at least 4 members (excludes halogenated alkanes) is 2. The molecule has 0 aliphatic carbocycles. The molecule has 23 heavy (non-hydrogen) atoms. The average Bonchev–Trinajstić information content (AvgIpc) is 2.53. The van der Waals surface area contributed by atoms with E-state index >= 15 is 0 Å². The van der Waals surface area contributed by atoms with E-state index in [9.17, 15) is 8.42 Å². The molecule has 0 amide bonds. The van der Waals surface area contributed by atoms with Crippen LogP contribution in [0.4, 0.5) is 11.4 Å². The van der Waals surface area contributed by atoms with Crippen molar-refractivity contribution in [2.45, 2.75) is 31.1 Å². The van der Waals surface area contributed by atoms with Gasteiger partial charge in [-0.25, -0.2) is 8.42 Å². The summed E-state index contributed by atoms with van der Waals surface area (Å²) >= 11 is 5.78. The van der Waals surface area contributed by atoms with E-state index in [0.29, 0.717) is 10.7 Å². The summed E-state index contributed by atoms with van der Waals surface area (Å²) < 4.78 is 27.1. The van der Waals surface area contributed by atoms with Gasteiger partial charge in [0, 0.05) is 22.9 Å². The Morgan fingerprint density at radius 2 is 1.52 bits per heavy atom. The van der Waals surface area contributed by atoms with E-state index < -0.39 is 10.0 Å². The lowest BCUT2D eigenvalue weighted by Crippen LogP contribution is -2.12. The van der Waals surface area contributed by atoms with Crippen LogP contribution in [-0.4, -0.2) is 15.0 Å². The highest BCUT2D eigenvalue weighted by Gasteiger charge is 2.13. The molecule has 0 atom stereocenters. The maximum atomic E-state index is 12.3. The second-order valence-corrected chi connectivity index (χ2v) is 7.39. The van der Waals surface area contributed by atoms with E-state index in [1.54, 1.807) is 24.3 Å². The van der Waals surface area contributed by atoms with Gasteiger partial charge in [0.25, 0.3) is 10.0 Å². The molecule has 0 heterocycles. The molecule has 124 valence electrons. The van der Waals surface area contributed by atoms with Crippen LogP contribution in [0, 0.1) is 0 Å². The zero-order valence-corrected chi connectivity index (χ0v) is 14.6. The van der Waals surface area contributed by atoms with E-state index in [2.05, 4.69) is 17.0 Å². The van der Waals surface area contributed by atoms with E-state index in [1.165, 1.54) is 25.0 Å². The van der Waals surface area contributed by atoms with Gasteiger partial charge in [-0.2, -0.15) is 0 Å². The summed E-state index contributed by atoms with van der Waals surface area (Å²) in [6.45, 7) is 3.09.